The van der Waals surface area contributed by atoms with Crippen LogP contribution in [0.25, 0.3) is 0 Å². The molecule has 39 heavy (non-hydrogen) atoms. The summed E-state index contributed by atoms with van der Waals surface area (Å²) in [4.78, 5) is 51.2. The van der Waals surface area contributed by atoms with Crippen LogP contribution in [0.5, 0.6) is 11.5 Å². The first-order valence-corrected chi connectivity index (χ1v) is 13.3. The highest BCUT2D eigenvalue weighted by Gasteiger charge is 2.53. The molecule has 0 spiro atoms. The Hall–Kier alpha value is -3.78. The van der Waals surface area contributed by atoms with Crippen molar-refractivity contribution < 1.29 is 37.4 Å². The molecule has 0 radical (unpaired) electrons. The third-order valence-corrected chi connectivity index (χ3v) is 8.92. The second-order valence-corrected chi connectivity index (χ2v) is 10.9. The molecule has 2 aliphatic heterocycles. The molecule has 0 saturated carbocycles. The number of thioether (sulfide) groups is 1. The first-order chi connectivity index (χ1) is 18.5. The third-order valence-electron chi connectivity index (χ3n) is 6.31. The number of phenols is 1. The van der Waals surface area contributed by atoms with E-state index in [4.69, 9.17) is 4.74 Å². The quantitative estimate of drug-likeness (QED) is 0.382. The maximum atomic E-state index is 13.1. The van der Waals surface area contributed by atoms with E-state index in [1.54, 1.807) is 19.1 Å². The highest BCUT2D eigenvalue weighted by atomic mass is 32.2. The molecular formula is C25H20F3N3O6S2. The number of carbonyl (C=O) groups is 3. The van der Waals surface area contributed by atoms with Crippen molar-refractivity contribution in [1.29, 1.82) is 0 Å². The molecule has 3 amide bonds. The van der Waals surface area contributed by atoms with Gasteiger partial charge in [0.1, 0.15) is 11.8 Å². The number of rotatable bonds is 6. The van der Waals surface area contributed by atoms with E-state index in [2.05, 4.69) is 10.6 Å². The largest absolute Gasteiger partial charge is 0.504 e. The summed E-state index contributed by atoms with van der Waals surface area (Å²) in [6.45, 7) is 1.47. The van der Waals surface area contributed by atoms with Crippen LogP contribution in [0, 0.1) is 5.92 Å². The number of hydrogen-bond acceptors (Lipinski definition) is 8. The van der Waals surface area contributed by atoms with Gasteiger partial charge in [0, 0.05) is 16.5 Å². The van der Waals surface area contributed by atoms with Gasteiger partial charge in [-0.1, -0.05) is 35.2 Å². The minimum absolute atomic E-state index is 0.0918. The Kier molecular flexibility index (Phi) is 6.93. The zero-order valence-corrected chi connectivity index (χ0v) is 21.7. The van der Waals surface area contributed by atoms with Gasteiger partial charge in [0.2, 0.25) is 17.7 Å². The number of amides is 3. The van der Waals surface area contributed by atoms with E-state index in [1.165, 1.54) is 12.1 Å². The maximum absolute atomic E-state index is 13.1. The number of nitrogens with zero attached hydrogens (tertiary/aromatic N) is 1. The van der Waals surface area contributed by atoms with Crippen molar-refractivity contribution in [3.05, 3.63) is 68.1 Å². The van der Waals surface area contributed by atoms with Gasteiger partial charge in [-0.25, -0.2) is 0 Å². The Balaban J connectivity index is 1.51. The fraction of sp³-hybridized carbons (Fsp3) is 0.280. The Morgan fingerprint density at radius 1 is 1.15 bits per heavy atom. The van der Waals surface area contributed by atoms with Crippen molar-refractivity contribution in [3.8, 4) is 11.5 Å². The SMILES string of the molecule is CCOc1cc([C@@H]2c3sc(=O)n(CC(=O)Nc4cccc(C(F)(F)F)c4)c3SC3C(=O)NC(=O)C32)ccc1O. The van der Waals surface area contributed by atoms with Crippen molar-refractivity contribution in [3.63, 3.8) is 0 Å². The smallest absolute Gasteiger partial charge is 0.416 e. The second-order valence-electron chi connectivity index (χ2n) is 8.81. The van der Waals surface area contributed by atoms with E-state index >= 15 is 0 Å². The van der Waals surface area contributed by atoms with Gasteiger partial charge in [0.05, 0.1) is 23.1 Å². The molecule has 1 saturated heterocycles. The fourth-order valence-electron chi connectivity index (χ4n) is 4.65. The lowest BCUT2D eigenvalue weighted by atomic mass is 9.83. The number of hydrogen-bond donors (Lipinski definition) is 3. The lowest BCUT2D eigenvalue weighted by Crippen LogP contribution is -2.32. The van der Waals surface area contributed by atoms with Gasteiger partial charge in [-0.3, -0.25) is 29.1 Å². The summed E-state index contributed by atoms with van der Waals surface area (Å²) < 4.78 is 45.8. The molecule has 2 aromatic carbocycles. The summed E-state index contributed by atoms with van der Waals surface area (Å²) in [5, 5.41) is 14.3. The van der Waals surface area contributed by atoms with Crippen LogP contribution in [0.4, 0.5) is 18.9 Å². The molecule has 3 N–H and O–H groups in total. The maximum Gasteiger partial charge on any atom is 0.416 e. The van der Waals surface area contributed by atoms with Crippen molar-refractivity contribution in [2.75, 3.05) is 11.9 Å². The molecule has 204 valence electrons. The number of benzene rings is 2. The molecule has 1 fully saturated rings. The average Bonchev–Trinajstić information content (AvgIpc) is 3.33. The average molecular weight is 580 g/mol. The number of fused-ring (bicyclic) bond motifs is 2. The van der Waals surface area contributed by atoms with E-state index in [-0.39, 0.29) is 23.8 Å². The first kappa shape index (κ1) is 26.8. The summed E-state index contributed by atoms with van der Waals surface area (Å²) in [5.74, 6) is -3.33. The first-order valence-electron chi connectivity index (χ1n) is 11.7. The molecule has 3 atom stereocenters. The highest BCUT2D eigenvalue weighted by molar-refractivity contribution is 8.00. The number of ether oxygens (including phenoxy) is 1. The molecule has 3 aromatic rings. The van der Waals surface area contributed by atoms with Gasteiger partial charge >= 0.3 is 11.0 Å². The van der Waals surface area contributed by atoms with Crippen molar-refractivity contribution in [2.24, 2.45) is 5.92 Å². The number of imide groups is 1. The fourth-order valence-corrected chi connectivity index (χ4v) is 7.39. The Morgan fingerprint density at radius 2 is 1.92 bits per heavy atom. The van der Waals surface area contributed by atoms with Crippen LogP contribution in [0.2, 0.25) is 0 Å². The zero-order valence-electron chi connectivity index (χ0n) is 20.1. The monoisotopic (exact) mass is 579 g/mol. The Bertz CT molecular complexity index is 1550. The van der Waals surface area contributed by atoms with Crippen LogP contribution >= 0.6 is 23.1 Å². The Morgan fingerprint density at radius 3 is 2.64 bits per heavy atom. The molecule has 2 aliphatic rings. The molecule has 5 rings (SSSR count). The summed E-state index contributed by atoms with van der Waals surface area (Å²) in [6, 6.07) is 8.62. The summed E-state index contributed by atoms with van der Waals surface area (Å²) in [6.07, 6.45) is -4.60. The molecule has 1 aromatic heterocycles. The zero-order chi connectivity index (χ0) is 28.1. The van der Waals surface area contributed by atoms with Gasteiger partial charge < -0.3 is 15.2 Å². The predicted molar refractivity (Wildman–Crippen MR) is 136 cm³/mol. The van der Waals surface area contributed by atoms with Crippen LogP contribution in [0.3, 0.4) is 0 Å². The van der Waals surface area contributed by atoms with E-state index in [0.29, 0.717) is 15.5 Å². The third kappa shape index (κ3) is 5.01. The molecular weight excluding hydrogens is 559 g/mol. The van der Waals surface area contributed by atoms with Crippen LogP contribution < -0.4 is 20.2 Å². The van der Waals surface area contributed by atoms with Gasteiger partial charge in [0.25, 0.3) is 0 Å². The summed E-state index contributed by atoms with van der Waals surface area (Å²) in [7, 11) is 0. The lowest BCUT2D eigenvalue weighted by molar-refractivity contribution is -0.137. The highest BCUT2D eigenvalue weighted by Crippen LogP contribution is 2.52. The molecule has 0 aliphatic carbocycles. The Labute approximate surface area is 227 Å². The number of anilines is 1. The van der Waals surface area contributed by atoms with E-state index in [0.717, 1.165) is 45.9 Å². The number of halogens is 3. The summed E-state index contributed by atoms with van der Waals surface area (Å²) in [5.41, 5.74) is -0.502. The number of carbonyl (C=O) groups excluding carboxylic acids is 3. The van der Waals surface area contributed by atoms with Crippen molar-refractivity contribution in [1.82, 2.24) is 9.88 Å². The van der Waals surface area contributed by atoms with Crippen LogP contribution in [0.1, 0.15) is 28.8 Å². The van der Waals surface area contributed by atoms with E-state index < -0.39 is 58.0 Å². The van der Waals surface area contributed by atoms with Gasteiger partial charge in [0.15, 0.2) is 11.5 Å². The minimum atomic E-state index is -4.60. The lowest BCUT2D eigenvalue weighted by Gasteiger charge is -2.31. The number of alkyl halides is 3. The van der Waals surface area contributed by atoms with Crippen LogP contribution in [0.15, 0.2) is 52.3 Å². The number of aromatic nitrogens is 1. The standard InChI is InChI=1S/C25H20F3N3O6S2/c1-2-37-15-8-11(6-7-14(15)32)17-18-19(22(35)30-21(18)34)38-23-20(17)39-24(36)31(23)10-16(33)29-13-5-3-4-12(9-13)25(26,27)28/h3-9,17-19,32H,2,10H2,1H3,(H,29,33)(H,30,34,35)/t17-,18?,19?/m0/s1. The minimum Gasteiger partial charge on any atom is -0.504 e. The van der Waals surface area contributed by atoms with Crippen molar-refractivity contribution in [2.45, 2.75) is 35.8 Å². The predicted octanol–water partition coefficient (Wildman–Crippen LogP) is 3.55. The van der Waals surface area contributed by atoms with Crippen molar-refractivity contribution >= 4 is 46.5 Å². The summed E-state index contributed by atoms with van der Waals surface area (Å²) >= 11 is 1.80. The number of phenolic OH excluding ortho intramolecular Hbond substituents is 1. The normalized spacial score (nSPS) is 20.3. The topological polar surface area (TPSA) is 127 Å². The van der Waals surface area contributed by atoms with Gasteiger partial charge in [-0.05, 0) is 42.8 Å². The number of nitrogens with one attached hydrogen (secondary N) is 2. The van der Waals surface area contributed by atoms with E-state index in [1.807, 2.05) is 0 Å². The van der Waals surface area contributed by atoms with Crippen LogP contribution in [-0.4, -0.2) is 39.3 Å². The van der Waals surface area contributed by atoms with E-state index in [9.17, 15) is 37.5 Å². The van der Waals surface area contributed by atoms with Gasteiger partial charge in [-0.2, -0.15) is 13.2 Å². The number of aromatic hydroxyl groups is 1. The second kappa shape index (κ2) is 10.1. The molecule has 9 nitrogen and oxygen atoms in total. The number of thiazole rings is 1. The molecule has 14 heteroatoms. The molecule has 3 heterocycles. The molecule has 0 bridgehead atoms. The van der Waals surface area contributed by atoms with Gasteiger partial charge in [-0.15, -0.1) is 0 Å². The molecule has 2 unspecified atom stereocenters. The van der Waals surface area contributed by atoms with Crippen LogP contribution in [-0.2, 0) is 27.1 Å².